The molecule has 2 nitrogen and oxygen atoms in total. The average Bonchev–Trinajstić information content (AvgIpc) is 3.19. The number of aryl methyl sites for hydroxylation is 1. The second-order valence-electron chi connectivity index (χ2n) is 9.59. The first-order chi connectivity index (χ1) is 15.1. The van der Waals surface area contributed by atoms with Crippen LogP contribution in [0.3, 0.4) is 0 Å². The van der Waals surface area contributed by atoms with Gasteiger partial charge in [-0.3, -0.25) is 4.68 Å². The summed E-state index contributed by atoms with van der Waals surface area (Å²) in [7, 11) is 0. The van der Waals surface area contributed by atoms with Crippen LogP contribution in [0.1, 0.15) is 57.4 Å². The first-order valence-corrected chi connectivity index (χ1v) is 11.9. The van der Waals surface area contributed by atoms with Gasteiger partial charge in [0.1, 0.15) is 5.69 Å². The highest BCUT2D eigenvalue weighted by Crippen LogP contribution is 2.35. The number of hydrogen-bond donors (Lipinski definition) is 0. The van der Waals surface area contributed by atoms with E-state index in [4.69, 9.17) is 5.10 Å². The summed E-state index contributed by atoms with van der Waals surface area (Å²) in [5.74, 6) is 1.65. The summed E-state index contributed by atoms with van der Waals surface area (Å²) in [6.07, 6.45) is 11.6. The van der Waals surface area contributed by atoms with Crippen molar-refractivity contribution in [2.75, 3.05) is 0 Å². The highest BCUT2D eigenvalue weighted by atomic mass is 15.3. The number of benzene rings is 2. The summed E-state index contributed by atoms with van der Waals surface area (Å²) in [4.78, 5) is 0. The summed E-state index contributed by atoms with van der Waals surface area (Å²) in [6, 6.07) is 19.4. The van der Waals surface area contributed by atoms with Crippen LogP contribution in [-0.2, 0) is 6.54 Å². The topological polar surface area (TPSA) is 17.8 Å². The Kier molecular flexibility index (Phi) is 7.06. The van der Waals surface area contributed by atoms with Crippen molar-refractivity contribution in [3.63, 3.8) is 0 Å². The average molecular weight is 413 g/mol. The lowest BCUT2D eigenvalue weighted by atomic mass is 9.79. The van der Waals surface area contributed by atoms with Gasteiger partial charge >= 0.3 is 0 Å². The van der Waals surface area contributed by atoms with Crippen LogP contribution in [0.25, 0.3) is 22.4 Å². The largest absolute Gasteiger partial charge is 0.271 e. The van der Waals surface area contributed by atoms with Gasteiger partial charge in [-0.05, 0) is 56.9 Å². The van der Waals surface area contributed by atoms with E-state index in [-0.39, 0.29) is 0 Å². The monoisotopic (exact) mass is 412 g/mol. The van der Waals surface area contributed by atoms with E-state index in [1.807, 2.05) is 0 Å². The Morgan fingerprint density at radius 1 is 0.968 bits per heavy atom. The minimum Gasteiger partial charge on any atom is -0.271 e. The molecule has 0 unspecified atom stereocenters. The van der Waals surface area contributed by atoms with Gasteiger partial charge in [0.25, 0.3) is 0 Å². The van der Waals surface area contributed by atoms with Crippen molar-refractivity contribution in [3.05, 3.63) is 78.5 Å². The van der Waals surface area contributed by atoms with E-state index in [9.17, 15) is 0 Å². The molecular weight excluding hydrogens is 376 g/mol. The second-order valence-corrected chi connectivity index (χ2v) is 9.59. The molecule has 1 aromatic heterocycles. The van der Waals surface area contributed by atoms with E-state index < -0.39 is 0 Å². The Morgan fingerprint density at radius 3 is 2.39 bits per heavy atom. The number of rotatable bonds is 8. The third kappa shape index (κ3) is 5.76. The lowest BCUT2D eigenvalue weighted by molar-refractivity contribution is 0.235. The van der Waals surface area contributed by atoms with Crippen molar-refractivity contribution in [2.45, 2.75) is 65.3 Å². The number of aromatic nitrogens is 2. The molecule has 0 amide bonds. The summed E-state index contributed by atoms with van der Waals surface area (Å²) in [5, 5.41) is 5.08. The molecule has 162 valence electrons. The quantitative estimate of drug-likeness (QED) is 0.342. The van der Waals surface area contributed by atoms with Crippen LogP contribution in [0.5, 0.6) is 0 Å². The third-order valence-corrected chi connectivity index (χ3v) is 6.77. The van der Waals surface area contributed by atoms with Gasteiger partial charge in [-0.1, -0.05) is 85.0 Å². The molecule has 1 aliphatic carbocycles. The van der Waals surface area contributed by atoms with Gasteiger partial charge in [0.2, 0.25) is 0 Å². The third-order valence-electron chi connectivity index (χ3n) is 6.77. The van der Waals surface area contributed by atoms with E-state index in [1.165, 1.54) is 72.8 Å². The maximum atomic E-state index is 5.08. The summed E-state index contributed by atoms with van der Waals surface area (Å²) in [5.41, 5.74) is 7.40. The maximum absolute atomic E-state index is 5.08. The molecular formula is C29H36N2. The second kappa shape index (κ2) is 10.1. The van der Waals surface area contributed by atoms with Crippen LogP contribution in [-0.4, -0.2) is 9.78 Å². The normalized spacial score (nSPS) is 18.8. The van der Waals surface area contributed by atoms with Crippen molar-refractivity contribution in [1.29, 1.82) is 0 Å². The maximum Gasteiger partial charge on any atom is 0.100 e. The van der Waals surface area contributed by atoms with Crippen molar-refractivity contribution in [1.82, 2.24) is 9.78 Å². The van der Waals surface area contributed by atoms with Crippen molar-refractivity contribution < 1.29 is 0 Å². The van der Waals surface area contributed by atoms with Crippen molar-refractivity contribution in [3.8, 4) is 22.4 Å². The molecule has 0 bridgehead atoms. The SMILES string of the molecule is C=C(C)CCCC1CCC(Cn2cc(-c3cccc(C)c3)c(-c3ccccc3)n2)CC1. The van der Waals surface area contributed by atoms with Gasteiger partial charge in [-0.2, -0.15) is 5.10 Å². The fourth-order valence-corrected chi connectivity index (χ4v) is 5.01. The lowest BCUT2D eigenvalue weighted by Crippen LogP contribution is -2.19. The van der Waals surface area contributed by atoms with Crippen molar-refractivity contribution in [2.24, 2.45) is 11.8 Å². The highest BCUT2D eigenvalue weighted by molar-refractivity contribution is 5.80. The fraction of sp³-hybridized carbons (Fsp3) is 0.414. The molecule has 0 aliphatic heterocycles. The molecule has 1 saturated carbocycles. The van der Waals surface area contributed by atoms with E-state index in [1.54, 1.807) is 0 Å². The molecule has 3 aromatic rings. The van der Waals surface area contributed by atoms with Crippen LogP contribution in [0, 0.1) is 18.8 Å². The van der Waals surface area contributed by atoms with E-state index in [0.29, 0.717) is 0 Å². The molecule has 0 radical (unpaired) electrons. The van der Waals surface area contributed by atoms with Gasteiger partial charge in [0, 0.05) is 23.9 Å². The molecule has 4 rings (SSSR count). The van der Waals surface area contributed by atoms with Crippen LogP contribution in [0.2, 0.25) is 0 Å². The fourth-order valence-electron chi connectivity index (χ4n) is 5.01. The van der Waals surface area contributed by atoms with Crippen LogP contribution >= 0.6 is 0 Å². The zero-order chi connectivity index (χ0) is 21.6. The minimum atomic E-state index is 0.742. The van der Waals surface area contributed by atoms with E-state index in [0.717, 1.165) is 24.1 Å². The van der Waals surface area contributed by atoms with Gasteiger partial charge in [0.15, 0.2) is 0 Å². The minimum absolute atomic E-state index is 0.742. The Bertz CT molecular complexity index is 991. The van der Waals surface area contributed by atoms with Crippen LogP contribution in [0.4, 0.5) is 0 Å². The van der Waals surface area contributed by atoms with Gasteiger partial charge in [-0.25, -0.2) is 0 Å². The molecule has 0 atom stereocenters. The van der Waals surface area contributed by atoms with Gasteiger partial charge in [0.05, 0.1) is 0 Å². The number of nitrogens with zero attached hydrogens (tertiary/aromatic N) is 2. The molecule has 0 N–H and O–H groups in total. The van der Waals surface area contributed by atoms with Gasteiger partial charge < -0.3 is 0 Å². The van der Waals surface area contributed by atoms with E-state index >= 15 is 0 Å². The summed E-state index contributed by atoms with van der Waals surface area (Å²) < 4.78 is 2.21. The molecule has 2 aromatic carbocycles. The lowest BCUT2D eigenvalue weighted by Gasteiger charge is -2.28. The van der Waals surface area contributed by atoms with Crippen LogP contribution in [0.15, 0.2) is 72.9 Å². The smallest absolute Gasteiger partial charge is 0.100 e. The first kappa shape index (κ1) is 21.6. The molecule has 1 heterocycles. The number of allylic oxidation sites excluding steroid dienone is 1. The Morgan fingerprint density at radius 2 is 1.68 bits per heavy atom. The van der Waals surface area contributed by atoms with Crippen molar-refractivity contribution >= 4 is 0 Å². The van der Waals surface area contributed by atoms with E-state index in [2.05, 4.69) is 85.9 Å². The molecule has 0 spiro atoms. The predicted molar refractivity (Wildman–Crippen MR) is 132 cm³/mol. The first-order valence-electron chi connectivity index (χ1n) is 11.9. The molecule has 31 heavy (non-hydrogen) atoms. The molecule has 1 aliphatic rings. The highest BCUT2D eigenvalue weighted by Gasteiger charge is 2.22. The van der Waals surface area contributed by atoms with Crippen LogP contribution < -0.4 is 0 Å². The summed E-state index contributed by atoms with van der Waals surface area (Å²) in [6.45, 7) is 9.38. The predicted octanol–water partition coefficient (Wildman–Crippen LogP) is 8.08. The van der Waals surface area contributed by atoms with Gasteiger partial charge in [-0.15, -0.1) is 6.58 Å². The summed E-state index contributed by atoms with van der Waals surface area (Å²) >= 11 is 0. The Hall–Kier alpha value is -2.61. The Labute approximate surface area is 188 Å². The zero-order valence-corrected chi connectivity index (χ0v) is 19.2. The molecule has 2 heteroatoms. The molecule has 1 fully saturated rings. The Balaban J connectivity index is 1.47. The standard InChI is InChI=1S/C29H36N2/c1-22(2)9-7-11-24-15-17-25(18-16-24)20-31-21-28(27-14-8-10-23(3)19-27)29(30-31)26-12-5-4-6-13-26/h4-6,8,10,12-14,19,21,24-25H,1,7,9,11,15-18,20H2,2-3H3. The number of hydrogen-bond acceptors (Lipinski definition) is 1. The molecule has 0 saturated heterocycles. The zero-order valence-electron chi connectivity index (χ0n) is 19.2.